The summed E-state index contributed by atoms with van der Waals surface area (Å²) >= 11 is 0. The van der Waals surface area contributed by atoms with Crippen LogP contribution in [0.5, 0.6) is 0 Å². The van der Waals surface area contributed by atoms with Gasteiger partial charge in [-0.25, -0.2) is 9.78 Å². The molecule has 1 aromatic rings. The van der Waals surface area contributed by atoms with E-state index in [-0.39, 0.29) is 11.4 Å². The number of carbonyl (C=O) groups is 2. The third kappa shape index (κ3) is 2.97. The van der Waals surface area contributed by atoms with Crippen LogP contribution < -0.4 is 5.32 Å². The van der Waals surface area contributed by atoms with Gasteiger partial charge in [-0.2, -0.15) is 8.78 Å². The molecule has 0 aliphatic heterocycles. The van der Waals surface area contributed by atoms with Gasteiger partial charge < -0.3 is 10.4 Å². The smallest absolute Gasteiger partial charge is 0.354 e. The van der Waals surface area contributed by atoms with Crippen LogP contribution >= 0.6 is 0 Å². The summed E-state index contributed by atoms with van der Waals surface area (Å²) in [5, 5.41) is 10.4. The number of nitrogens with zero attached hydrogens (tertiary/aromatic N) is 1. The Morgan fingerprint density at radius 1 is 1.47 bits per heavy atom. The molecule has 0 aliphatic rings. The van der Waals surface area contributed by atoms with Crippen LogP contribution in [0.3, 0.4) is 0 Å². The highest BCUT2D eigenvalue weighted by Gasteiger charge is 2.15. The van der Waals surface area contributed by atoms with Crippen LogP contribution in [0.15, 0.2) is 18.3 Å². The highest BCUT2D eigenvalue weighted by Crippen LogP contribution is 2.09. The van der Waals surface area contributed by atoms with E-state index < -0.39 is 18.3 Å². The van der Waals surface area contributed by atoms with E-state index in [4.69, 9.17) is 5.11 Å². The second kappa shape index (κ2) is 4.45. The topological polar surface area (TPSA) is 79.3 Å². The zero-order valence-electron chi connectivity index (χ0n) is 7.28. The highest BCUT2D eigenvalue weighted by molar-refractivity contribution is 5.94. The van der Waals surface area contributed by atoms with Crippen LogP contribution in [0.1, 0.15) is 10.5 Å². The Morgan fingerprint density at radius 3 is 2.67 bits per heavy atom. The van der Waals surface area contributed by atoms with Crippen LogP contribution in [0.4, 0.5) is 14.5 Å². The molecule has 7 heteroatoms. The number of hydrogen-bond acceptors (Lipinski definition) is 3. The van der Waals surface area contributed by atoms with E-state index in [1.54, 1.807) is 0 Å². The zero-order chi connectivity index (χ0) is 11.4. The maximum absolute atomic E-state index is 11.8. The Bertz CT molecular complexity index is 395. The third-order valence-corrected chi connectivity index (χ3v) is 1.44. The summed E-state index contributed by atoms with van der Waals surface area (Å²) in [5.74, 6) is -2.79. The fourth-order valence-electron chi connectivity index (χ4n) is 0.822. The Balaban J connectivity index is 2.83. The summed E-state index contributed by atoms with van der Waals surface area (Å²) in [6.45, 7) is 0. The number of halogens is 2. The average Bonchev–Trinajstić information content (AvgIpc) is 2.18. The molecular formula is C8H6F2N2O3. The Labute approximate surface area is 82.7 Å². The van der Waals surface area contributed by atoms with Crippen molar-refractivity contribution >= 4 is 17.6 Å². The van der Waals surface area contributed by atoms with Gasteiger partial charge in [-0.1, -0.05) is 0 Å². The molecule has 1 amide bonds. The fourth-order valence-corrected chi connectivity index (χ4v) is 0.822. The van der Waals surface area contributed by atoms with Gasteiger partial charge in [0.05, 0.1) is 0 Å². The summed E-state index contributed by atoms with van der Waals surface area (Å²) in [6, 6.07) is 2.20. The molecule has 2 N–H and O–H groups in total. The van der Waals surface area contributed by atoms with E-state index >= 15 is 0 Å². The molecule has 0 saturated heterocycles. The van der Waals surface area contributed by atoms with Crippen molar-refractivity contribution in [2.24, 2.45) is 0 Å². The predicted octanol–water partition coefficient (Wildman–Crippen LogP) is 0.983. The molecule has 0 aliphatic carbocycles. The molecule has 1 heterocycles. The van der Waals surface area contributed by atoms with E-state index in [9.17, 15) is 18.4 Å². The quantitative estimate of drug-likeness (QED) is 0.789. The molecule has 0 bridgehead atoms. The van der Waals surface area contributed by atoms with Gasteiger partial charge >= 0.3 is 12.4 Å². The van der Waals surface area contributed by atoms with Crippen molar-refractivity contribution in [3.8, 4) is 0 Å². The number of carboxylic acids is 1. The van der Waals surface area contributed by atoms with Crippen molar-refractivity contribution < 1.29 is 23.5 Å². The number of pyridine rings is 1. The molecule has 1 rings (SSSR count). The van der Waals surface area contributed by atoms with E-state index in [2.05, 4.69) is 4.98 Å². The van der Waals surface area contributed by atoms with Gasteiger partial charge in [0.2, 0.25) is 0 Å². The number of alkyl halides is 2. The van der Waals surface area contributed by atoms with E-state index in [1.165, 1.54) is 6.07 Å². The lowest BCUT2D eigenvalue weighted by atomic mass is 10.3. The van der Waals surface area contributed by atoms with Gasteiger partial charge in [0, 0.05) is 11.9 Å². The van der Waals surface area contributed by atoms with E-state index in [0.29, 0.717) is 0 Å². The minimum absolute atomic E-state index is 0.0345. The lowest BCUT2D eigenvalue weighted by Gasteiger charge is -2.03. The average molecular weight is 216 g/mol. The number of aromatic carboxylic acids is 1. The summed E-state index contributed by atoms with van der Waals surface area (Å²) in [7, 11) is 0. The third-order valence-electron chi connectivity index (χ3n) is 1.44. The van der Waals surface area contributed by atoms with Gasteiger partial charge in [-0.3, -0.25) is 4.79 Å². The van der Waals surface area contributed by atoms with Crippen molar-refractivity contribution in [1.82, 2.24) is 4.98 Å². The fraction of sp³-hybridized carbons (Fsp3) is 0.125. The number of anilines is 1. The Hall–Kier alpha value is -2.05. The Morgan fingerprint density at radius 2 is 2.13 bits per heavy atom. The van der Waals surface area contributed by atoms with Crippen molar-refractivity contribution in [3.05, 3.63) is 24.0 Å². The number of amides is 1. The zero-order valence-corrected chi connectivity index (χ0v) is 7.28. The van der Waals surface area contributed by atoms with Crippen LogP contribution in [0.25, 0.3) is 0 Å². The standard InChI is InChI=1S/C8H6F2N2O3/c9-6(10)7(13)12-4-1-2-11-5(3-4)8(14)15/h1-3,6H,(H,14,15)(H,11,12,13). The minimum Gasteiger partial charge on any atom is -0.477 e. The number of hydrogen-bond donors (Lipinski definition) is 2. The van der Waals surface area contributed by atoms with Crippen molar-refractivity contribution in [2.75, 3.05) is 5.32 Å². The molecule has 0 atom stereocenters. The van der Waals surface area contributed by atoms with Gasteiger partial charge in [-0.15, -0.1) is 0 Å². The SMILES string of the molecule is O=C(O)c1cc(NC(=O)C(F)F)ccn1. The van der Waals surface area contributed by atoms with Crippen LogP contribution in [-0.2, 0) is 4.79 Å². The molecule has 0 fully saturated rings. The van der Waals surface area contributed by atoms with Gasteiger partial charge in [0.15, 0.2) is 0 Å². The van der Waals surface area contributed by atoms with Crippen molar-refractivity contribution in [3.63, 3.8) is 0 Å². The summed E-state index contributed by atoms with van der Waals surface area (Å²) in [5.41, 5.74) is -0.366. The summed E-state index contributed by atoms with van der Waals surface area (Å²) < 4.78 is 23.7. The first-order valence-corrected chi connectivity index (χ1v) is 3.79. The second-order valence-electron chi connectivity index (χ2n) is 2.52. The number of rotatable bonds is 3. The van der Waals surface area contributed by atoms with Crippen molar-refractivity contribution in [1.29, 1.82) is 0 Å². The maximum atomic E-state index is 11.8. The molecule has 0 spiro atoms. The van der Waals surface area contributed by atoms with Crippen molar-refractivity contribution in [2.45, 2.75) is 6.43 Å². The molecule has 0 aromatic carbocycles. The second-order valence-corrected chi connectivity index (χ2v) is 2.52. The first-order valence-electron chi connectivity index (χ1n) is 3.79. The predicted molar refractivity (Wildman–Crippen MR) is 45.8 cm³/mol. The highest BCUT2D eigenvalue weighted by atomic mass is 19.3. The number of carboxylic acid groups (broad SMARTS) is 1. The largest absolute Gasteiger partial charge is 0.477 e. The van der Waals surface area contributed by atoms with Gasteiger partial charge in [0.1, 0.15) is 5.69 Å². The van der Waals surface area contributed by atoms with E-state index in [1.807, 2.05) is 5.32 Å². The minimum atomic E-state index is -3.15. The van der Waals surface area contributed by atoms with E-state index in [0.717, 1.165) is 12.3 Å². The van der Waals surface area contributed by atoms with Crippen LogP contribution in [-0.4, -0.2) is 28.4 Å². The summed E-state index contributed by atoms with van der Waals surface area (Å²) in [4.78, 5) is 24.5. The first kappa shape index (κ1) is 11.0. The molecule has 0 radical (unpaired) electrons. The van der Waals surface area contributed by atoms with Crippen LogP contribution in [0.2, 0.25) is 0 Å². The normalized spacial score (nSPS) is 10.1. The molecule has 1 aromatic heterocycles. The molecule has 15 heavy (non-hydrogen) atoms. The molecular weight excluding hydrogens is 210 g/mol. The maximum Gasteiger partial charge on any atom is 0.354 e. The van der Waals surface area contributed by atoms with Crippen LogP contribution in [0, 0.1) is 0 Å². The summed E-state index contributed by atoms with van der Waals surface area (Å²) in [6.07, 6.45) is -2.05. The molecule has 80 valence electrons. The number of nitrogens with one attached hydrogen (secondary N) is 1. The molecule has 0 unspecified atom stereocenters. The lowest BCUT2D eigenvalue weighted by Crippen LogP contribution is -2.20. The first-order chi connectivity index (χ1) is 7.00. The number of carbonyl (C=O) groups excluding carboxylic acids is 1. The Kier molecular flexibility index (Phi) is 3.27. The van der Waals surface area contributed by atoms with Gasteiger partial charge in [-0.05, 0) is 12.1 Å². The monoisotopic (exact) mass is 216 g/mol. The molecule has 0 saturated carbocycles. The molecule has 5 nitrogen and oxygen atoms in total. The van der Waals surface area contributed by atoms with Gasteiger partial charge in [0.25, 0.3) is 5.91 Å². The number of aromatic nitrogens is 1. The lowest BCUT2D eigenvalue weighted by molar-refractivity contribution is -0.126.